The van der Waals surface area contributed by atoms with E-state index < -0.39 is 9.05 Å². The molecule has 7 heavy (non-hydrogen) atoms. The fourth-order valence-corrected chi connectivity index (χ4v) is 0. The summed E-state index contributed by atoms with van der Waals surface area (Å²) in [4.78, 5) is 0. The van der Waals surface area contributed by atoms with Crippen molar-refractivity contribution in [2.45, 2.75) is 0 Å². The minimum absolute atomic E-state index is 0.925. The highest BCUT2D eigenvalue weighted by Crippen LogP contribution is 1.83. The summed E-state index contributed by atoms with van der Waals surface area (Å²) in [5.41, 5.74) is 0. The minimum atomic E-state index is -3.19. The number of nitrogens with zero attached hydrogens (tertiary/aromatic N) is 1. The van der Waals surface area contributed by atoms with Crippen molar-refractivity contribution < 1.29 is 8.42 Å². The van der Waals surface area contributed by atoms with Crippen LogP contribution in [0.3, 0.4) is 0 Å². The second kappa shape index (κ2) is 3.90. The van der Waals surface area contributed by atoms with Crippen LogP contribution >= 0.6 is 10.7 Å². The van der Waals surface area contributed by atoms with Gasteiger partial charge in [-0.2, -0.15) is 0 Å². The monoisotopic (exact) mass is 141 g/mol. The van der Waals surface area contributed by atoms with Gasteiger partial charge in [0, 0.05) is 17.3 Å². The summed E-state index contributed by atoms with van der Waals surface area (Å²) < 4.78 is 18.8. The molecule has 0 aliphatic rings. The molecule has 0 aromatic carbocycles. The maximum absolute atomic E-state index is 9.40. The van der Waals surface area contributed by atoms with Crippen LogP contribution in [0.1, 0.15) is 0 Å². The summed E-state index contributed by atoms with van der Waals surface area (Å²) >= 11 is 0. The van der Waals surface area contributed by atoms with Crippen LogP contribution in [-0.4, -0.2) is 14.7 Å². The van der Waals surface area contributed by atoms with Gasteiger partial charge in [-0.25, -0.2) is 13.7 Å². The Hall–Kier alpha value is -0.270. The quantitative estimate of drug-likeness (QED) is 0.457. The predicted octanol–water partition coefficient (Wildman–Crippen LogP) is 0.325. The highest BCUT2D eigenvalue weighted by atomic mass is 35.7. The topological polar surface area (TPSA) is 57.9 Å². The third-order valence-corrected chi connectivity index (χ3v) is 0. The minimum Gasteiger partial charge on any atom is -0.213 e. The van der Waals surface area contributed by atoms with E-state index in [0.29, 0.717) is 0 Å². The Kier molecular flexibility index (Phi) is 5.51. The molecule has 0 amide bonds. The molecule has 0 aromatic heterocycles. The van der Waals surface area contributed by atoms with E-state index in [1.54, 1.807) is 0 Å². The van der Waals surface area contributed by atoms with Crippen LogP contribution in [0.4, 0.5) is 0 Å². The van der Waals surface area contributed by atoms with Crippen molar-refractivity contribution in [1.29, 1.82) is 5.26 Å². The first-order valence-electron chi connectivity index (χ1n) is 1.15. The van der Waals surface area contributed by atoms with Gasteiger partial charge in [0.25, 0.3) is 0 Å². The molecule has 0 radical (unpaired) electrons. The largest absolute Gasteiger partial charge is 0.229 e. The van der Waals surface area contributed by atoms with E-state index >= 15 is 0 Å². The molecule has 42 valence electrons. The van der Waals surface area contributed by atoms with Crippen LogP contribution in [0.2, 0.25) is 0 Å². The zero-order valence-electron chi connectivity index (χ0n) is 3.63. The molecule has 0 heterocycles. The number of rotatable bonds is 0. The standard InChI is InChI=1S/CH3ClO2S.CHN/c1-5(2,3)4;1-2/h1H3;1H. The van der Waals surface area contributed by atoms with E-state index in [2.05, 4.69) is 17.3 Å². The Morgan fingerprint density at radius 1 is 1.57 bits per heavy atom. The Balaban J connectivity index is 0. The lowest BCUT2D eigenvalue weighted by Gasteiger charge is -1.65. The molecule has 0 fully saturated rings. The van der Waals surface area contributed by atoms with Gasteiger partial charge in [0.15, 0.2) is 0 Å². The maximum atomic E-state index is 9.40. The van der Waals surface area contributed by atoms with E-state index in [9.17, 15) is 8.42 Å². The molecule has 0 unspecified atom stereocenters. The van der Waals surface area contributed by atoms with E-state index in [0.717, 1.165) is 6.26 Å². The number of nitriles is 1. The van der Waals surface area contributed by atoms with Gasteiger partial charge in [0.2, 0.25) is 9.05 Å². The van der Waals surface area contributed by atoms with E-state index in [1.165, 1.54) is 0 Å². The summed E-state index contributed by atoms with van der Waals surface area (Å²) in [5, 5.41) is 6.50. The first-order valence-corrected chi connectivity index (χ1v) is 3.87. The Bertz CT molecular complexity index is 127. The molecule has 5 heteroatoms. The number of hydrogen-bond acceptors (Lipinski definition) is 3. The lowest BCUT2D eigenvalue weighted by atomic mass is 11.9. The van der Waals surface area contributed by atoms with Crippen molar-refractivity contribution in [3.63, 3.8) is 0 Å². The SMILES string of the molecule is C#N.CS(=O)(=O)Cl. The van der Waals surface area contributed by atoms with Gasteiger partial charge in [-0.15, -0.1) is 0 Å². The molecule has 0 rings (SSSR count). The van der Waals surface area contributed by atoms with Crippen LogP contribution in [0.15, 0.2) is 0 Å². The van der Waals surface area contributed by atoms with Crippen molar-refractivity contribution in [2.24, 2.45) is 0 Å². The smallest absolute Gasteiger partial charge is 0.213 e. The Labute approximate surface area is 46.9 Å². The summed E-state index contributed by atoms with van der Waals surface area (Å²) in [6.45, 7) is 3.50. The fourth-order valence-electron chi connectivity index (χ4n) is 0. The molecular weight excluding hydrogens is 138 g/mol. The first-order chi connectivity index (χ1) is 3.00. The summed E-state index contributed by atoms with van der Waals surface area (Å²) in [5.74, 6) is 0. The molecule has 0 bridgehead atoms. The van der Waals surface area contributed by atoms with Crippen molar-refractivity contribution >= 4 is 19.7 Å². The molecule has 0 N–H and O–H groups in total. The molecule has 0 saturated heterocycles. The van der Waals surface area contributed by atoms with Crippen LogP contribution in [-0.2, 0) is 9.05 Å². The first kappa shape index (κ1) is 9.88. The Morgan fingerprint density at radius 2 is 1.57 bits per heavy atom. The van der Waals surface area contributed by atoms with Crippen molar-refractivity contribution in [1.82, 2.24) is 0 Å². The number of hydrogen-bond donors (Lipinski definition) is 0. The molecule has 0 spiro atoms. The van der Waals surface area contributed by atoms with Gasteiger partial charge in [0.1, 0.15) is 0 Å². The van der Waals surface area contributed by atoms with Crippen molar-refractivity contribution in [2.75, 3.05) is 6.26 Å². The average Bonchev–Trinajstić information content (AvgIpc) is 1.36. The van der Waals surface area contributed by atoms with Gasteiger partial charge < -0.3 is 0 Å². The molecular formula is C2H4ClNO2S. The van der Waals surface area contributed by atoms with Crippen molar-refractivity contribution in [3.8, 4) is 6.57 Å². The zero-order chi connectivity index (χ0) is 6.50. The van der Waals surface area contributed by atoms with E-state index in [-0.39, 0.29) is 0 Å². The third-order valence-electron chi connectivity index (χ3n) is 0. The van der Waals surface area contributed by atoms with Gasteiger partial charge >= 0.3 is 0 Å². The predicted molar refractivity (Wildman–Crippen MR) is 27.4 cm³/mol. The van der Waals surface area contributed by atoms with Gasteiger partial charge in [-0.05, 0) is 0 Å². The highest BCUT2D eigenvalue weighted by Gasteiger charge is 1.83. The second-order valence-corrected chi connectivity index (χ2v) is 3.73. The average molecular weight is 142 g/mol. The molecule has 0 aliphatic heterocycles. The number of halogens is 1. The molecule has 0 aromatic rings. The summed E-state index contributed by atoms with van der Waals surface area (Å²) in [6, 6.07) is 0. The van der Waals surface area contributed by atoms with Crippen LogP contribution < -0.4 is 0 Å². The fraction of sp³-hybridized carbons (Fsp3) is 0.500. The van der Waals surface area contributed by atoms with Gasteiger partial charge in [0.05, 0.1) is 6.26 Å². The highest BCUT2D eigenvalue weighted by molar-refractivity contribution is 8.13. The molecule has 0 aliphatic carbocycles. The van der Waals surface area contributed by atoms with Gasteiger partial charge in [-0.3, -0.25) is 0 Å². The normalized spacial score (nSPS) is 8.57. The van der Waals surface area contributed by atoms with Crippen LogP contribution in [0, 0.1) is 11.8 Å². The Morgan fingerprint density at radius 3 is 1.57 bits per heavy atom. The van der Waals surface area contributed by atoms with Crippen LogP contribution in [0.5, 0.6) is 0 Å². The van der Waals surface area contributed by atoms with E-state index in [1.807, 2.05) is 0 Å². The summed E-state index contributed by atoms with van der Waals surface area (Å²) in [7, 11) is 1.31. The molecule has 0 saturated carbocycles. The second-order valence-electron chi connectivity index (χ2n) is 0.682. The van der Waals surface area contributed by atoms with E-state index in [4.69, 9.17) is 5.26 Å². The molecule has 3 nitrogen and oxygen atoms in total. The maximum Gasteiger partial charge on any atom is 0.229 e. The zero-order valence-corrected chi connectivity index (χ0v) is 5.20. The third kappa shape index (κ3) is 1090. The lowest BCUT2D eigenvalue weighted by molar-refractivity contribution is 0.615. The molecule has 0 atom stereocenters. The van der Waals surface area contributed by atoms with Crippen molar-refractivity contribution in [3.05, 3.63) is 0 Å². The van der Waals surface area contributed by atoms with Gasteiger partial charge in [-0.1, -0.05) is 0 Å². The van der Waals surface area contributed by atoms with Crippen LogP contribution in [0.25, 0.3) is 0 Å². The summed E-state index contributed by atoms with van der Waals surface area (Å²) in [6.07, 6.45) is 0.925. The lowest BCUT2D eigenvalue weighted by Crippen LogP contribution is -1.76.